The first-order valence-corrected chi connectivity index (χ1v) is 8.59. The summed E-state index contributed by atoms with van der Waals surface area (Å²) in [6, 6.07) is 7.74. The van der Waals surface area contributed by atoms with Crippen LogP contribution in [0.5, 0.6) is 17.2 Å². The fourth-order valence-corrected chi connectivity index (χ4v) is 3.06. The molecule has 7 N–H and O–H groups in total. The quantitative estimate of drug-likeness (QED) is 0.324. The van der Waals surface area contributed by atoms with Gasteiger partial charge in [-0.15, -0.1) is 0 Å². The molecule has 156 valence electrons. The van der Waals surface area contributed by atoms with Crippen molar-refractivity contribution in [2.24, 2.45) is 0 Å². The van der Waals surface area contributed by atoms with E-state index in [4.69, 9.17) is 9.47 Å². The lowest BCUT2D eigenvalue weighted by molar-refractivity contribution is -0.285. The van der Waals surface area contributed by atoms with Gasteiger partial charge in [0.05, 0.1) is 6.61 Å². The Balaban J connectivity index is 1.95. The van der Waals surface area contributed by atoms with Crippen molar-refractivity contribution in [2.75, 3.05) is 6.61 Å². The van der Waals surface area contributed by atoms with E-state index in [1.54, 1.807) is 0 Å². The van der Waals surface area contributed by atoms with Crippen molar-refractivity contribution in [1.29, 1.82) is 0 Å². The highest BCUT2D eigenvalue weighted by Gasteiger charge is 2.45. The number of aromatic hydroxyl groups is 3. The summed E-state index contributed by atoms with van der Waals surface area (Å²) < 4.78 is 10.2. The normalized spacial score (nSPS) is 26.8. The Morgan fingerprint density at radius 3 is 2.34 bits per heavy atom. The molecule has 0 saturated carbocycles. The van der Waals surface area contributed by atoms with E-state index in [0.29, 0.717) is 0 Å². The zero-order valence-corrected chi connectivity index (χ0v) is 14.9. The average Bonchev–Trinajstić information content (AvgIpc) is 2.67. The molecule has 1 fully saturated rings. The van der Waals surface area contributed by atoms with Gasteiger partial charge in [-0.2, -0.15) is 0 Å². The minimum absolute atomic E-state index is 0.0213. The summed E-state index contributed by atoms with van der Waals surface area (Å²) in [5.74, 6) is -2.30. The number of phenols is 3. The van der Waals surface area contributed by atoms with Crippen molar-refractivity contribution in [3.05, 3.63) is 42.0 Å². The van der Waals surface area contributed by atoms with E-state index in [9.17, 15) is 40.5 Å². The lowest BCUT2D eigenvalue weighted by Gasteiger charge is -2.39. The van der Waals surface area contributed by atoms with Gasteiger partial charge in [-0.1, -0.05) is 12.1 Å². The minimum atomic E-state index is -1.82. The molecule has 5 atom stereocenters. The standard InChI is InChI=1S/C19H20O10/c20-7-13-15(24)16(25)17(26)19(28-13)29-18(27)14-11(5-10(22)6-12(14)23)8-2-1-3-9(21)4-8/h1-6,13,15-17,19-26H,7H2/t13-,15-,16+,17-,19-/m1/s1. The van der Waals surface area contributed by atoms with Gasteiger partial charge >= 0.3 is 5.97 Å². The number of rotatable bonds is 4. The molecule has 29 heavy (non-hydrogen) atoms. The molecule has 0 aliphatic carbocycles. The second-order valence-electron chi connectivity index (χ2n) is 6.54. The summed E-state index contributed by atoms with van der Waals surface area (Å²) in [7, 11) is 0. The van der Waals surface area contributed by atoms with Crippen molar-refractivity contribution in [2.45, 2.75) is 30.7 Å². The van der Waals surface area contributed by atoms with Crippen molar-refractivity contribution < 1.29 is 50.0 Å². The van der Waals surface area contributed by atoms with E-state index in [1.165, 1.54) is 30.3 Å². The van der Waals surface area contributed by atoms with Gasteiger partial charge in [0.2, 0.25) is 6.29 Å². The predicted molar refractivity (Wildman–Crippen MR) is 96.1 cm³/mol. The summed E-state index contributed by atoms with van der Waals surface area (Å²) >= 11 is 0. The molecule has 2 aromatic carbocycles. The van der Waals surface area contributed by atoms with Gasteiger partial charge in [-0.05, 0) is 23.8 Å². The Kier molecular flexibility index (Phi) is 5.91. The highest BCUT2D eigenvalue weighted by molar-refractivity contribution is 6.00. The number of aliphatic hydroxyl groups is 4. The number of benzene rings is 2. The van der Waals surface area contributed by atoms with Crippen LogP contribution in [-0.2, 0) is 9.47 Å². The molecule has 10 nitrogen and oxygen atoms in total. The van der Waals surface area contributed by atoms with Crippen LogP contribution >= 0.6 is 0 Å². The third-order valence-electron chi connectivity index (χ3n) is 4.54. The van der Waals surface area contributed by atoms with Gasteiger partial charge in [0, 0.05) is 11.6 Å². The van der Waals surface area contributed by atoms with Crippen molar-refractivity contribution in [3.8, 4) is 28.4 Å². The number of carbonyl (C=O) groups is 1. The fourth-order valence-electron chi connectivity index (χ4n) is 3.06. The molecule has 0 aromatic heterocycles. The molecule has 1 aliphatic heterocycles. The van der Waals surface area contributed by atoms with Gasteiger partial charge in [-0.3, -0.25) is 0 Å². The lowest BCUT2D eigenvalue weighted by atomic mass is 9.97. The molecule has 0 bridgehead atoms. The number of phenolic OH excluding ortho intramolecular Hbond substituents is 3. The summed E-state index contributed by atoms with van der Waals surface area (Å²) in [6.45, 7) is -0.710. The lowest BCUT2D eigenvalue weighted by Crippen LogP contribution is -2.59. The largest absolute Gasteiger partial charge is 0.508 e. The highest BCUT2D eigenvalue weighted by atomic mass is 16.7. The van der Waals surface area contributed by atoms with Crippen LogP contribution in [0.2, 0.25) is 0 Å². The Labute approximate surface area is 164 Å². The van der Waals surface area contributed by atoms with E-state index in [2.05, 4.69) is 0 Å². The molecule has 0 amide bonds. The maximum atomic E-state index is 12.7. The van der Waals surface area contributed by atoms with Crippen LogP contribution in [0.1, 0.15) is 10.4 Å². The number of carbonyl (C=O) groups excluding carboxylic acids is 1. The van der Waals surface area contributed by atoms with Gasteiger partial charge < -0.3 is 45.2 Å². The van der Waals surface area contributed by atoms with Crippen LogP contribution < -0.4 is 0 Å². The van der Waals surface area contributed by atoms with E-state index in [0.717, 1.165) is 6.07 Å². The molecule has 0 spiro atoms. The van der Waals surface area contributed by atoms with Crippen LogP contribution in [0, 0.1) is 0 Å². The zero-order valence-electron chi connectivity index (χ0n) is 14.9. The minimum Gasteiger partial charge on any atom is -0.508 e. The number of aliphatic hydroxyl groups excluding tert-OH is 4. The molecule has 0 radical (unpaired) electrons. The number of hydrogen-bond donors (Lipinski definition) is 7. The monoisotopic (exact) mass is 408 g/mol. The van der Waals surface area contributed by atoms with E-state index < -0.39 is 54.6 Å². The SMILES string of the molecule is O=C(O[C@H]1O[C@H](CO)[C@@H](O)[C@H](O)[C@H]1O)c1c(O)cc(O)cc1-c1cccc(O)c1. The maximum absolute atomic E-state index is 12.7. The van der Waals surface area contributed by atoms with Crippen molar-refractivity contribution >= 4 is 5.97 Å². The second-order valence-corrected chi connectivity index (χ2v) is 6.54. The number of esters is 1. The summed E-state index contributed by atoms with van der Waals surface area (Å²) in [6.07, 6.45) is -8.23. The topological polar surface area (TPSA) is 177 Å². The van der Waals surface area contributed by atoms with Gasteiger partial charge in [0.1, 0.15) is 47.2 Å². The maximum Gasteiger partial charge on any atom is 0.344 e. The smallest absolute Gasteiger partial charge is 0.344 e. The Morgan fingerprint density at radius 2 is 1.69 bits per heavy atom. The summed E-state index contributed by atoms with van der Waals surface area (Å²) in [4.78, 5) is 12.7. The van der Waals surface area contributed by atoms with Gasteiger partial charge in [0.25, 0.3) is 0 Å². The van der Waals surface area contributed by atoms with Crippen LogP contribution in [-0.4, -0.2) is 79.0 Å². The van der Waals surface area contributed by atoms with Crippen LogP contribution in [0.4, 0.5) is 0 Å². The first kappa shape index (κ1) is 20.8. The Morgan fingerprint density at radius 1 is 0.966 bits per heavy atom. The third kappa shape index (κ3) is 4.11. The van der Waals surface area contributed by atoms with Gasteiger partial charge in [-0.25, -0.2) is 4.79 Å². The van der Waals surface area contributed by atoms with Crippen molar-refractivity contribution in [1.82, 2.24) is 0 Å². The molecule has 0 unspecified atom stereocenters. The average molecular weight is 408 g/mol. The molecular formula is C19H20O10. The molecule has 2 aromatic rings. The predicted octanol–water partition coefficient (Wildman–Crippen LogP) is -0.573. The molecule has 3 rings (SSSR count). The molecule has 1 heterocycles. The van der Waals surface area contributed by atoms with Crippen LogP contribution in [0.15, 0.2) is 36.4 Å². The molecule has 10 heteroatoms. The molecule has 1 aliphatic rings. The summed E-state index contributed by atoms with van der Waals surface area (Å²) in [5.41, 5.74) is -0.102. The van der Waals surface area contributed by atoms with Gasteiger partial charge in [0.15, 0.2) is 0 Å². The Hall–Kier alpha value is -2.89. The fraction of sp³-hybridized carbons (Fsp3) is 0.316. The first-order valence-electron chi connectivity index (χ1n) is 8.59. The van der Waals surface area contributed by atoms with Crippen molar-refractivity contribution in [3.63, 3.8) is 0 Å². The number of ether oxygens (including phenoxy) is 2. The van der Waals surface area contributed by atoms with Crippen LogP contribution in [0.3, 0.4) is 0 Å². The highest BCUT2D eigenvalue weighted by Crippen LogP contribution is 2.36. The second kappa shape index (κ2) is 8.23. The third-order valence-corrected chi connectivity index (χ3v) is 4.54. The Bertz CT molecular complexity index is 897. The molecule has 1 saturated heterocycles. The molecular weight excluding hydrogens is 388 g/mol. The van der Waals surface area contributed by atoms with E-state index in [1.807, 2.05) is 0 Å². The van der Waals surface area contributed by atoms with Crippen LogP contribution in [0.25, 0.3) is 11.1 Å². The summed E-state index contributed by atoms with van der Waals surface area (Å²) in [5, 5.41) is 68.5. The first-order chi connectivity index (χ1) is 13.7. The number of hydrogen-bond acceptors (Lipinski definition) is 10. The van der Waals surface area contributed by atoms with E-state index in [-0.39, 0.29) is 22.6 Å². The zero-order chi connectivity index (χ0) is 21.3. The van der Waals surface area contributed by atoms with E-state index >= 15 is 0 Å².